The normalized spacial score (nSPS) is 19.4. The monoisotopic (exact) mass is 328 g/mol. The average Bonchev–Trinajstić information content (AvgIpc) is 2.44. The van der Waals surface area contributed by atoms with Gasteiger partial charge in [-0.05, 0) is 32.4 Å². The number of thioether (sulfide) groups is 1. The van der Waals surface area contributed by atoms with Crippen molar-refractivity contribution in [1.29, 1.82) is 0 Å². The van der Waals surface area contributed by atoms with Gasteiger partial charge in [0.05, 0.1) is 5.69 Å². The maximum atomic E-state index is 12.9. The third-order valence-electron chi connectivity index (χ3n) is 3.46. The lowest BCUT2D eigenvalue weighted by Gasteiger charge is -2.36. The van der Waals surface area contributed by atoms with Gasteiger partial charge in [0.25, 0.3) is 0 Å². The highest BCUT2D eigenvalue weighted by molar-refractivity contribution is 8.00. The van der Waals surface area contributed by atoms with E-state index >= 15 is 0 Å². The Morgan fingerprint density at radius 1 is 1.33 bits per heavy atom. The van der Waals surface area contributed by atoms with Crippen molar-refractivity contribution >= 4 is 27.5 Å². The predicted octanol–water partition coefficient (Wildman–Crippen LogP) is 3.02. The maximum absolute atomic E-state index is 12.9. The van der Waals surface area contributed by atoms with E-state index < -0.39 is 10.0 Å². The zero-order valence-corrected chi connectivity index (χ0v) is 14.6. The molecular formula is C15H24N2O2S2. The smallest absolute Gasteiger partial charge is 0.245 e. The van der Waals surface area contributed by atoms with Crippen LogP contribution in [0.4, 0.5) is 5.69 Å². The average molecular weight is 329 g/mol. The third-order valence-corrected chi connectivity index (χ3v) is 6.66. The molecule has 0 saturated carbocycles. The van der Waals surface area contributed by atoms with Crippen molar-refractivity contribution < 1.29 is 8.42 Å². The van der Waals surface area contributed by atoms with Gasteiger partial charge in [-0.15, -0.1) is 0 Å². The molecule has 6 heteroatoms. The summed E-state index contributed by atoms with van der Waals surface area (Å²) >= 11 is 1.83. The van der Waals surface area contributed by atoms with Crippen molar-refractivity contribution in [2.75, 3.05) is 30.7 Å². The molecule has 0 unspecified atom stereocenters. The van der Waals surface area contributed by atoms with Gasteiger partial charge >= 0.3 is 0 Å². The Morgan fingerprint density at radius 2 is 2.05 bits per heavy atom. The van der Waals surface area contributed by atoms with Gasteiger partial charge in [-0.1, -0.05) is 19.1 Å². The molecule has 0 spiro atoms. The molecule has 0 atom stereocenters. The Kier molecular flexibility index (Phi) is 5.22. The second-order valence-electron chi connectivity index (χ2n) is 5.87. The lowest BCUT2D eigenvalue weighted by Crippen LogP contribution is -2.46. The second-order valence-corrected chi connectivity index (χ2v) is 9.58. The molecule has 1 N–H and O–H groups in total. The fourth-order valence-electron chi connectivity index (χ4n) is 2.41. The summed E-state index contributed by atoms with van der Waals surface area (Å²) in [6, 6.07) is 7.19. The zero-order valence-electron chi connectivity index (χ0n) is 12.9. The van der Waals surface area contributed by atoms with Gasteiger partial charge in [0.2, 0.25) is 10.0 Å². The SMILES string of the molecule is CCCNc1ccccc1S(=O)(=O)N1CCSC(C)(C)C1. The highest BCUT2D eigenvalue weighted by Gasteiger charge is 2.35. The maximum Gasteiger partial charge on any atom is 0.245 e. The minimum Gasteiger partial charge on any atom is -0.384 e. The summed E-state index contributed by atoms with van der Waals surface area (Å²) in [7, 11) is -3.44. The first-order valence-corrected chi connectivity index (χ1v) is 9.76. The van der Waals surface area contributed by atoms with E-state index in [0.29, 0.717) is 23.7 Å². The molecule has 0 aromatic heterocycles. The standard InChI is InChI=1S/C15H24N2O2S2/c1-4-9-16-13-7-5-6-8-14(13)21(18,19)17-10-11-20-15(2,3)12-17/h5-8,16H,4,9-12H2,1-3H3. The van der Waals surface area contributed by atoms with Gasteiger partial charge in [0.1, 0.15) is 4.90 Å². The van der Waals surface area contributed by atoms with Gasteiger partial charge < -0.3 is 5.32 Å². The van der Waals surface area contributed by atoms with E-state index in [2.05, 4.69) is 26.1 Å². The topological polar surface area (TPSA) is 49.4 Å². The summed E-state index contributed by atoms with van der Waals surface area (Å²) in [5.74, 6) is 0.844. The van der Waals surface area contributed by atoms with E-state index in [1.54, 1.807) is 16.4 Å². The Balaban J connectivity index is 2.31. The molecule has 4 nitrogen and oxygen atoms in total. The molecule has 118 valence electrons. The van der Waals surface area contributed by atoms with Crippen LogP contribution in [0, 0.1) is 0 Å². The Labute approximate surface area is 132 Å². The quantitative estimate of drug-likeness (QED) is 0.902. The molecule has 0 radical (unpaired) electrons. The molecule has 0 amide bonds. The molecule has 1 saturated heterocycles. The van der Waals surface area contributed by atoms with E-state index in [1.165, 1.54) is 0 Å². The number of anilines is 1. The van der Waals surface area contributed by atoms with Crippen LogP contribution in [-0.4, -0.2) is 42.9 Å². The summed E-state index contributed by atoms with van der Waals surface area (Å²) in [5.41, 5.74) is 0.704. The molecule has 21 heavy (non-hydrogen) atoms. The number of rotatable bonds is 5. The van der Waals surface area contributed by atoms with Crippen molar-refractivity contribution in [1.82, 2.24) is 4.31 Å². The van der Waals surface area contributed by atoms with Crippen LogP contribution in [0.25, 0.3) is 0 Å². The molecule has 1 fully saturated rings. The van der Waals surface area contributed by atoms with Crippen LogP contribution in [0.1, 0.15) is 27.2 Å². The van der Waals surface area contributed by atoms with E-state index in [0.717, 1.165) is 18.7 Å². The second kappa shape index (κ2) is 6.58. The molecular weight excluding hydrogens is 304 g/mol. The number of hydrogen-bond acceptors (Lipinski definition) is 4. The van der Waals surface area contributed by atoms with Crippen molar-refractivity contribution in [2.24, 2.45) is 0 Å². The van der Waals surface area contributed by atoms with Crippen molar-refractivity contribution in [3.63, 3.8) is 0 Å². The first-order chi connectivity index (χ1) is 9.87. The minimum absolute atomic E-state index is 0.0306. The van der Waals surface area contributed by atoms with E-state index in [1.807, 2.05) is 23.9 Å². The van der Waals surface area contributed by atoms with Crippen LogP contribution in [0.15, 0.2) is 29.2 Å². The molecule has 1 aliphatic rings. The fourth-order valence-corrected chi connectivity index (χ4v) is 5.49. The molecule has 0 bridgehead atoms. The first-order valence-electron chi connectivity index (χ1n) is 7.34. The number of nitrogens with one attached hydrogen (secondary N) is 1. The van der Waals surface area contributed by atoms with E-state index in [-0.39, 0.29) is 4.75 Å². The number of para-hydroxylation sites is 1. The van der Waals surface area contributed by atoms with Crippen LogP contribution in [0.3, 0.4) is 0 Å². The number of sulfonamides is 1. The summed E-state index contributed by atoms with van der Waals surface area (Å²) in [6.45, 7) is 8.17. The lowest BCUT2D eigenvalue weighted by molar-refractivity contribution is 0.387. The molecule has 1 heterocycles. The molecule has 1 aliphatic heterocycles. The predicted molar refractivity (Wildman–Crippen MR) is 90.5 cm³/mol. The summed E-state index contributed by atoms with van der Waals surface area (Å²) in [4.78, 5) is 0.390. The van der Waals surface area contributed by atoms with E-state index in [9.17, 15) is 8.42 Å². The lowest BCUT2D eigenvalue weighted by atomic mass is 10.2. The van der Waals surface area contributed by atoms with Gasteiger partial charge in [-0.25, -0.2) is 8.42 Å². The molecule has 0 aliphatic carbocycles. The molecule has 1 aromatic carbocycles. The van der Waals surface area contributed by atoms with Crippen LogP contribution in [-0.2, 0) is 10.0 Å². The number of nitrogens with zero attached hydrogens (tertiary/aromatic N) is 1. The van der Waals surface area contributed by atoms with Crippen molar-refractivity contribution in [2.45, 2.75) is 36.8 Å². The number of benzene rings is 1. The van der Waals surface area contributed by atoms with Crippen LogP contribution < -0.4 is 5.32 Å². The molecule has 2 rings (SSSR count). The largest absolute Gasteiger partial charge is 0.384 e. The highest BCUT2D eigenvalue weighted by Crippen LogP contribution is 2.34. The Morgan fingerprint density at radius 3 is 2.71 bits per heavy atom. The van der Waals surface area contributed by atoms with Crippen LogP contribution >= 0.6 is 11.8 Å². The summed E-state index contributed by atoms with van der Waals surface area (Å²) in [5, 5.41) is 3.22. The van der Waals surface area contributed by atoms with Gasteiger partial charge in [-0.2, -0.15) is 16.1 Å². The Hall–Kier alpha value is -0.720. The summed E-state index contributed by atoms with van der Waals surface area (Å²) < 4.78 is 27.5. The summed E-state index contributed by atoms with van der Waals surface area (Å²) in [6.07, 6.45) is 0.960. The van der Waals surface area contributed by atoms with Crippen molar-refractivity contribution in [3.8, 4) is 0 Å². The van der Waals surface area contributed by atoms with Gasteiger partial charge in [-0.3, -0.25) is 0 Å². The van der Waals surface area contributed by atoms with Crippen LogP contribution in [0.2, 0.25) is 0 Å². The third kappa shape index (κ3) is 3.93. The first kappa shape index (κ1) is 16.6. The van der Waals surface area contributed by atoms with Crippen LogP contribution in [0.5, 0.6) is 0 Å². The zero-order chi connectivity index (χ0) is 15.5. The van der Waals surface area contributed by atoms with E-state index in [4.69, 9.17) is 0 Å². The minimum atomic E-state index is -3.44. The van der Waals surface area contributed by atoms with Gasteiger partial charge in [0, 0.05) is 30.1 Å². The Bertz CT molecular complexity index is 585. The fraction of sp³-hybridized carbons (Fsp3) is 0.600. The molecule has 1 aromatic rings. The van der Waals surface area contributed by atoms with Crippen molar-refractivity contribution in [3.05, 3.63) is 24.3 Å². The highest BCUT2D eigenvalue weighted by atomic mass is 32.2. The number of hydrogen-bond donors (Lipinski definition) is 1. The van der Waals surface area contributed by atoms with Gasteiger partial charge in [0.15, 0.2) is 0 Å².